The number of hydrogen-bond donors (Lipinski definition) is 2. The molecule has 184 valence electrons. The van der Waals surface area contributed by atoms with Crippen molar-refractivity contribution >= 4 is 29.0 Å². The predicted molar refractivity (Wildman–Crippen MR) is 135 cm³/mol. The number of nitrogen functional groups attached to an aromatic ring is 1. The number of ether oxygens (including phenoxy) is 1. The number of fused-ring (bicyclic) bond motifs is 1. The molecule has 3 aromatic heterocycles. The molecule has 1 aromatic carbocycles. The minimum absolute atomic E-state index is 0.0722. The maximum Gasteiger partial charge on any atom is 0.256 e. The molecule has 1 aliphatic heterocycles. The Morgan fingerprint density at radius 1 is 1.14 bits per heavy atom. The van der Waals surface area contributed by atoms with Gasteiger partial charge in [-0.25, -0.2) is 15.0 Å². The summed E-state index contributed by atoms with van der Waals surface area (Å²) in [5.74, 6) is 1.61. The van der Waals surface area contributed by atoms with Gasteiger partial charge in [0.15, 0.2) is 0 Å². The van der Waals surface area contributed by atoms with Crippen LogP contribution in [0.1, 0.15) is 34.9 Å². The zero-order valence-corrected chi connectivity index (χ0v) is 19.9. The number of carbonyl (C=O) groups excluding carboxylic acids is 2. The van der Waals surface area contributed by atoms with Gasteiger partial charge in [-0.2, -0.15) is 0 Å². The highest BCUT2D eigenvalue weighted by atomic mass is 16.5. The number of nitrogens with zero attached hydrogens (tertiary/aromatic N) is 5. The standard InChI is InChI=1S/C26H27N7O3/c1-36-15-10-21(34)32-13-9-19(16-32)25-31-22(23-24(27)29-12-14-33(23)25)17-5-7-18(8-6-17)26(35)30-20-4-2-3-11-28-20/h2-8,11-12,14,19H,9-10,13,15-16H2,1H3,(H2,27,29)(H,28,30,35)/t19-/m1/s1. The first kappa shape index (κ1) is 23.4. The molecule has 10 heteroatoms. The lowest BCUT2D eigenvalue weighted by Gasteiger charge is -2.16. The Labute approximate surface area is 208 Å². The molecule has 0 radical (unpaired) electrons. The van der Waals surface area contributed by atoms with Crippen LogP contribution < -0.4 is 11.1 Å². The van der Waals surface area contributed by atoms with E-state index in [2.05, 4.69) is 15.3 Å². The number of amides is 2. The maximum absolute atomic E-state index is 12.6. The van der Waals surface area contributed by atoms with Crippen molar-refractivity contribution in [2.45, 2.75) is 18.8 Å². The summed E-state index contributed by atoms with van der Waals surface area (Å²) in [4.78, 5) is 40.3. The van der Waals surface area contributed by atoms with Crippen molar-refractivity contribution < 1.29 is 14.3 Å². The van der Waals surface area contributed by atoms with Crippen molar-refractivity contribution in [2.24, 2.45) is 0 Å². The molecule has 0 spiro atoms. The van der Waals surface area contributed by atoms with E-state index in [1.807, 2.05) is 33.7 Å². The Bertz CT molecular complexity index is 1390. The number of anilines is 2. The molecule has 0 aliphatic carbocycles. The van der Waals surface area contributed by atoms with Gasteiger partial charge in [0.05, 0.1) is 13.0 Å². The second-order valence-electron chi connectivity index (χ2n) is 8.66. The molecule has 0 unspecified atom stereocenters. The molecule has 1 atom stereocenters. The topological polar surface area (TPSA) is 128 Å². The van der Waals surface area contributed by atoms with Crippen LogP contribution in [0.2, 0.25) is 0 Å². The molecule has 5 rings (SSSR count). The highest BCUT2D eigenvalue weighted by Crippen LogP contribution is 2.34. The van der Waals surface area contributed by atoms with Crippen LogP contribution in [-0.4, -0.2) is 62.9 Å². The van der Waals surface area contributed by atoms with Crippen molar-refractivity contribution in [3.8, 4) is 11.3 Å². The molecule has 4 aromatic rings. The lowest BCUT2D eigenvalue weighted by Crippen LogP contribution is -2.29. The van der Waals surface area contributed by atoms with E-state index in [1.54, 1.807) is 43.8 Å². The molecule has 4 heterocycles. The summed E-state index contributed by atoms with van der Waals surface area (Å²) in [6, 6.07) is 12.5. The van der Waals surface area contributed by atoms with Gasteiger partial charge in [0.1, 0.15) is 28.7 Å². The fourth-order valence-corrected chi connectivity index (χ4v) is 4.53. The summed E-state index contributed by atoms with van der Waals surface area (Å²) in [5.41, 5.74) is 9.00. The van der Waals surface area contributed by atoms with Crippen LogP contribution >= 0.6 is 0 Å². The fraction of sp³-hybridized carbons (Fsp3) is 0.269. The predicted octanol–water partition coefficient (Wildman–Crippen LogP) is 2.98. The Hall–Kier alpha value is -4.31. The number of benzene rings is 1. The first-order valence-corrected chi connectivity index (χ1v) is 11.8. The van der Waals surface area contributed by atoms with Crippen LogP contribution in [-0.2, 0) is 9.53 Å². The van der Waals surface area contributed by atoms with Crippen LogP contribution in [0.15, 0.2) is 61.1 Å². The van der Waals surface area contributed by atoms with Crippen LogP contribution in [0.25, 0.3) is 16.8 Å². The average Bonchev–Trinajstić information content (AvgIpc) is 3.54. The number of nitrogens with two attached hydrogens (primary N) is 1. The van der Waals surface area contributed by atoms with Gasteiger partial charge in [0.2, 0.25) is 5.91 Å². The van der Waals surface area contributed by atoms with Crippen molar-refractivity contribution in [1.29, 1.82) is 0 Å². The van der Waals surface area contributed by atoms with E-state index in [4.69, 9.17) is 15.5 Å². The molecule has 1 aliphatic rings. The van der Waals surface area contributed by atoms with Gasteiger partial charge in [0.25, 0.3) is 5.91 Å². The zero-order valence-electron chi connectivity index (χ0n) is 19.9. The van der Waals surface area contributed by atoms with Crippen molar-refractivity contribution in [3.63, 3.8) is 0 Å². The zero-order chi connectivity index (χ0) is 25.1. The maximum atomic E-state index is 12.6. The number of rotatable bonds is 7. The van der Waals surface area contributed by atoms with E-state index in [9.17, 15) is 9.59 Å². The number of hydrogen-bond acceptors (Lipinski definition) is 7. The van der Waals surface area contributed by atoms with E-state index < -0.39 is 0 Å². The number of nitrogens with one attached hydrogen (secondary N) is 1. The van der Waals surface area contributed by atoms with Gasteiger partial charge in [-0.05, 0) is 30.7 Å². The normalized spacial score (nSPS) is 15.4. The van der Waals surface area contributed by atoms with Crippen LogP contribution in [0, 0.1) is 0 Å². The van der Waals surface area contributed by atoms with E-state index in [0.29, 0.717) is 54.5 Å². The molecule has 3 N–H and O–H groups in total. The number of methoxy groups -OCH3 is 1. The molecule has 10 nitrogen and oxygen atoms in total. The van der Waals surface area contributed by atoms with Gasteiger partial charge in [-0.1, -0.05) is 18.2 Å². The van der Waals surface area contributed by atoms with Crippen molar-refractivity contribution in [3.05, 3.63) is 72.4 Å². The van der Waals surface area contributed by atoms with Crippen LogP contribution in [0.5, 0.6) is 0 Å². The minimum atomic E-state index is -0.249. The Balaban J connectivity index is 1.41. The van der Waals surface area contributed by atoms with E-state index in [-0.39, 0.29) is 17.7 Å². The summed E-state index contributed by atoms with van der Waals surface area (Å²) >= 11 is 0. The quantitative estimate of drug-likeness (QED) is 0.412. The van der Waals surface area contributed by atoms with Crippen LogP contribution in [0.3, 0.4) is 0 Å². The van der Waals surface area contributed by atoms with Crippen LogP contribution in [0.4, 0.5) is 11.6 Å². The summed E-state index contributed by atoms with van der Waals surface area (Å²) < 4.78 is 7.01. The summed E-state index contributed by atoms with van der Waals surface area (Å²) in [6.45, 7) is 1.68. The van der Waals surface area contributed by atoms with E-state index in [1.165, 1.54) is 0 Å². The molecule has 1 fully saturated rings. The SMILES string of the molecule is COCCC(=O)N1CC[C@@H](c2nc(-c3ccc(C(=O)Nc4ccccn4)cc3)c3c(N)nccn23)C1. The molecule has 36 heavy (non-hydrogen) atoms. The molecular formula is C26H27N7O3. The van der Waals surface area contributed by atoms with Gasteiger partial charge < -0.3 is 20.7 Å². The van der Waals surface area contributed by atoms with Gasteiger partial charge >= 0.3 is 0 Å². The highest BCUT2D eigenvalue weighted by Gasteiger charge is 2.31. The average molecular weight is 486 g/mol. The molecule has 1 saturated heterocycles. The van der Waals surface area contributed by atoms with E-state index >= 15 is 0 Å². The monoisotopic (exact) mass is 485 g/mol. The highest BCUT2D eigenvalue weighted by molar-refractivity contribution is 6.04. The number of likely N-dealkylation sites (tertiary alicyclic amines) is 1. The largest absolute Gasteiger partial charge is 0.384 e. The Morgan fingerprint density at radius 2 is 1.97 bits per heavy atom. The lowest BCUT2D eigenvalue weighted by atomic mass is 10.1. The summed E-state index contributed by atoms with van der Waals surface area (Å²) in [6.07, 6.45) is 6.30. The third-order valence-electron chi connectivity index (χ3n) is 6.36. The number of aromatic nitrogens is 4. The van der Waals surface area contributed by atoms with Crippen molar-refractivity contribution in [1.82, 2.24) is 24.3 Å². The third kappa shape index (κ3) is 4.63. The summed E-state index contributed by atoms with van der Waals surface area (Å²) in [5, 5.41) is 2.78. The first-order chi connectivity index (χ1) is 17.5. The second-order valence-corrected chi connectivity index (χ2v) is 8.66. The van der Waals surface area contributed by atoms with Gasteiger partial charge in [-0.3, -0.25) is 14.0 Å². The lowest BCUT2D eigenvalue weighted by molar-refractivity contribution is -0.131. The fourth-order valence-electron chi connectivity index (χ4n) is 4.53. The number of pyridine rings is 1. The third-order valence-corrected chi connectivity index (χ3v) is 6.36. The second kappa shape index (κ2) is 10.1. The summed E-state index contributed by atoms with van der Waals surface area (Å²) in [7, 11) is 1.59. The number of carbonyl (C=O) groups is 2. The Morgan fingerprint density at radius 3 is 2.72 bits per heavy atom. The molecule has 0 bridgehead atoms. The molecule has 0 saturated carbocycles. The van der Waals surface area contributed by atoms with E-state index in [0.717, 1.165) is 17.8 Å². The van der Waals surface area contributed by atoms with Crippen molar-refractivity contribution in [2.75, 3.05) is 37.9 Å². The van der Waals surface area contributed by atoms with Gasteiger partial charge in [-0.15, -0.1) is 0 Å². The smallest absolute Gasteiger partial charge is 0.256 e. The molecule has 2 amide bonds. The minimum Gasteiger partial charge on any atom is -0.384 e. The Kier molecular flexibility index (Phi) is 6.59. The van der Waals surface area contributed by atoms with Gasteiger partial charge in [0, 0.05) is 55.8 Å². The molecular weight excluding hydrogens is 458 g/mol. The number of imidazole rings is 1. The first-order valence-electron chi connectivity index (χ1n) is 11.8.